The van der Waals surface area contributed by atoms with Crippen LogP contribution in [0.25, 0.3) is 0 Å². The van der Waals surface area contributed by atoms with Crippen molar-refractivity contribution < 1.29 is 9.59 Å². The number of benzene rings is 1. The molecule has 2 atom stereocenters. The van der Waals surface area contributed by atoms with Gasteiger partial charge in [-0.25, -0.2) is 4.79 Å². The van der Waals surface area contributed by atoms with Crippen molar-refractivity contribution in [2.45, 2.75) is 58.7 Å². The van der Waals surface area contributed by atoms with Gasteiger partial charge in [0.2, 0.25) is 5.91 Å². The Morgan fingerprint density at radius 2 is 1.92 bits per heavy atom. The lowest BCUT2D eigenvalue weighted by molar-refractivity contribution is -0.124. The van der Waals surface area contributed by atoms with Crippen LogP contribution < -0.4 is 21.3 Å². The molecule has 26 heavy (non-hydrogen) atoms. The first-order valence-corrected chi connectivity index (χ1v) is 9.35. The smallest absolute Gasteiger partial charge is 0.315 e. The highest BCUT2D eigenvalue weighted by molar-refractivity contribution is 5.87. The number of urea groups is 1. The van der Waals surface area contributed by atoms with Crippen LogP contribution in [0.2, 0.25) is 0 Å². The van der Waals surface area contributed by atoms with Crippen LogP contribution in [-0.2, 0) is 11.2 Å². The molecule has 0 saturated heterocycles. The minimum Gasteiger partial charge on any atom is -0.352 e. The predicted octanol–water partition coefficient (Wildman–Crippen LogP) is 2.11. The lowest BCUT2D eigenvalue weighted by Crippen LogP contribution is -2.56. The fraction of sp³-hybridized carbons (Fsp3) is 0.600. The zero-order valence-electron chi connectivity index (χ0n) is 16.5. The minimum atomic E-state index is -0.573. The van der Waals surface area contributed by atoms with Gasteiger partial charge in [0.1, 0.15) is 6.04 Å². The van der Waals surface area contributed by atoms with Crippen molar-refractivity contribution in [3.05, 3.63) is 35.4 Å². The van der Waals surface area contributed by atoms with Crippen LogP contribution in [0.4, 0.5) is 4.79 Å². The lowest BCUT2D eigenvalue weighted by Gasteiger charge is -2.29. The van der Waals surface area contributed by atoms with Crippen LogP contribution in [-0.4, -0.2) is 36.6 Å². The number of hydrogen-bond acceptors (Lipinski definition) is 3. The highest BCUT2D eigenvalue weighted by Crippen LogP contribution is 2.21. The first-order chi connectivity index (χ1) is 12.2. The van der Waals surface area contributed by atoms with Crippen molar-refractivity contribution in [1.82, 2.24) is 21.3 Å². The summed E-state index contributed by atoms with van der Waals surface area (Å²) in [5.41, 5.74) is 2.21. The molecule has 2 rings (SSSR count). The Kier molecular flexibility index (Phi) is 6.64. The van der Waals surface area contributed by atoms with E-state index in [0.29, 0.717) is 6.54 Å². The average molecular weight is 361 g/mol. The van der Waals surface area contributed by atoms with Gasteiger partial charge in [0.15, 0.2) is 0 Å². The van der Waals surface area contributed by atoms with E-state index in [1.165, 1.54) is 11.1 Å². The molecule has 4 N–H and O–H groups in total. The molecule has 1 heterocycles. The molecule has 0 radical (unpaired) electrons. The van der Waals surface area contributed by atoms with Gasteiger partial charge in [-0.2, -0.15) is 0 Å². The maximum atomic E-state index is 12.7. The van der Waals surface area contributed by atoms with Gasteiger partial charge in [0.05, 0.1) is 0 Å². The van der Waals surface area contributed by atoms with E-state index >= 15 is 0 Å². The Balaban J connectivity index is 1.95. The van der Waals surface area contributed by atoms with Crippen LogP contribution in [0.1, 0.15) is 51.8 Å². The van der Waals surface area contributed by atoms with Crippen LogP contribution >= 0.6 is 0 Å². The van der Waals surface area contributed by atoms with Gasteiger partial charge in [-0.1, -0.05) is 38.1 Å². The second-order valence-corrected chi connectivity index (χ2v) is 8.27. The zero-order valence-corrected chi connectivity index (χ0v) is 16.5. The third kappa shape index (κ3) is 5.73. The monoisotopic (exact) mass is 360 g/mol. The van der Waals surface area contributed by atoms with Gasteiger partial charge in [-0.05, 0) is 50.8 Å². The molecule has 0 aliphatic carbocycles. The quantitative estimate of drug-likeness (QED) is 0.649. The molecular weight excluding hydrogens is 328 g/mol. The molecule has 1 unspecified atom stereocenters. The molecule has 6 heteroatoms. The van der Waals surface area contributed by atoms with E-state index in [-0.39, 0.29) is 29.4 Å². The summed E-state index contributed by atoms with van der Waals surface area (Å²) in [6.45, 7) is 11.0. The van der Waals surface area contributed by atoms with Crippen molar-refractivity contribution in [3.8, 4) is 0 Å². The number of rotatable bonds is 5. The maximum absolute atomic E-state index is 12.7. The predicted molar refractivity (Wildman–Crippen MR) is 104 cm³/mol. The van der Waals surface area contributed by atoms with E-state index in [0.717, 1.165) is 13.0 Å². The summed E-state index contributed by atoms with van der Waals surface area (Å²) in [5.74, 6) is -0.166. The summed E-state index contributed by atoms with van der Waals surface area (Å²) in [6, 6.07) is 7.51. The first kappa shape index (κ1) is 20.2. The summed E-state index contributed by atoms with van der Waals surface area (Å²) in [6.07, 6.45) is 1.00. The normalized spacial score (nSPS) is 18.0. The molecule has 1 aliphatic heterocycles. The maximum Gasteiger partial charge on any atom is 0.315 e. The van der Waals surface area contributed by atoms with Crippen molar-refractivity contribution in [2.24, 2.45) is 5.92 Å². The molecule has 0 aromatic heterocycles. The van der Waals surface area contributed by atoms with E-state index in [1.54, 1.807) is 0 Å². The molecule has 1 aliphatic rings. The lowest BCUT2D eigenvalue weighted by atomic mass is 9.94. The van der Waals surface area contributed by atoms with Gasteiger partial charge in [0, 0.05) is 18.1 Å². The van der Waals surface area contributed by atoms with Crippen molar-refractivity contribution in [3.63, 3.8) is 0 Å². The van der Waals surface area contributed by atoms with Gasteiger partial charge in [0.25, 0.3) is 0 Å². The summed E-state index contributed by atoms with van der Waals surface area (Å²) < 4.78 is 0. The number of amides is 3. The standard InChI is InChI=1S/C20H32N4O2/c1-13(2)17(23-19(26)24-20(3,4)5)18(25)22-12-16-15-9-7-6-8-14(15)10-11-21-16/h6-9,13,16-17,21H,10-12H2,1-5H3,(H,22,25)(H2,23,24,26)/t16?,17-/m0/s1. The molecule has 0 fully saturated rings. The number of carbonyl (C=O) groups excluding carboxylic acids is 2. The highest BCUT2D eigenvalue weighted by Gasteiger charge is 2.27. The van der Waals surface area contributed by atoms with Crippen LogP contribution in [0, 0.1) is 5.92 Å². The van der Waals surface area contributed by atoms with Crippen molar-refractivity contribution in [1.29, 1.82) is 0 Å². The zero-order chi connectivity index (χ0) is 19.3. The van der Waals surface area contributed by atoms with E-state index in [2.05, 4.69) is 33.4 Å². The summed E-state index contributed by atoms with van der Waals surface area (Å²) >= 11 is 0. The van der Waals surface area contributed by atoms with Gasteiger partial charge < -0.3 is 21.3 Å². The van der Waals surface area contributed by atoms with E-state index in [1.807, 2.05) is 46.8 Å². The molecular formula is C20H32N4O2. The molecule has 3 amide bonds. The Morgan fingerprint density at radius 3 is 2.58 bits per heavy atom. The molecule has 0 bridgehead atoms. The second-order valence-electron chi connectivity index (χ2n) is 8.27. The van der Waals surface area contributed by atoms with Crippen LogP contribution in [0.15, 0.2) is 24.3 Å². The number of carbonyl (C=O) groups is 2. The summed E-state index contributed by atoms with van der Waals surface area (Å²) in [5, 5.41) is 12.1. The third-order valence-corrected chi connectivity index (χ3v) is 4.42. The second kappa shape index (κ2) is 8.54. The Morgan fingerprint density at radius 1 is 1.23 bits per heavy atom. The van der Waals surface area contributed by atoms with E-state index in [9.17, 15) is 9.59 Å². The number of hydrogen-bond donors (Lipinski definition) is 4. The van der Waals surface area contributed by atoms with Crippen LogP contribution in [0.3, 0.4) is 0 Å². The van der Waals surface area contributed by atoms with E-state index < -0.39 is 6.04 Å². The molecule has 144 valence electrons. The molecule has 1 aromatic rings. The Hall–Kier alpha value is -2.08. The molecule has 6 nitrogen and oxygen atoms in total. The number of nitrogens with one attached hydrogen (secondary N) is 4. The SMILES string of the molecule is CC(C)[C@H](NC(=O)NC(C)(C)C)C(=O)NCC1NCCc2ccccc21. The fourth-order valence-corrected chi connectivity index (χ4v) is 3.14. The highest BCUT2D eigenvalue weighted by atomic mass is 16.2. The molecule has 0 saturated carbocycles. The fourth-order valence-electron chi connectivity index (χ4n) is 3.14. The van der Waals surface area contributed by atoms with Crippen molar-refractivity contribution in [2.75, 3.05) is 13.1 Å². The van der Waals surface area contributed by atoms with Crippen LogP contribution in [0.5, 0.6) is 0 Å². The Bertz CT molecular complexity index is 637. The number of fused-ring (bicyclic) bond motifs is 1. The van der Waals surface area contributed by atoms with Gasteiger partial charge in [-0.3, -0.25) is 4.79 Å². The third-order valence-electron chi connectivity index (χ3n) is 4.42. The Labute approximate surface area is 156 Å². The average Bonchev–Trinajstić information content (AvgIpc) is 2.55. The molecule has 1 aromatic carbocycles. The van der Waals surface area contributed by atoms with Gasteiger partial charge >= 0.3 is 6.03 Å². The van der Waals surface area contributed by atoms with E-state index in [4.69, 9.17) is 0 Å². The summed E-state index contributed by atoms with van der Waals surface area (Å²) in [7, 11) is 0. The van der Waals surface area contributed by atoms with Gasteiger partial charge in [-0.15, -0.1) is 0 Å². The minimum absolute atomic E-state index is 0.00711. The topological polar surface area (TPSA) is 82.3 Å². The summed E-state index contributed by atoms with van der Waals surface area (Å²) in [4.78, 5) is 24.8. The first-order valence-electron chi connectivity index (χ1n) is 9.35. The molecule has 0 spiro atoms. The largest absolute Gasteiger partial charge is 0.352 e. The van der Waals surface area contributed by atoms with Crippen molar-refractivity contribution >= 4 is 11.9 Å².